The molecule has 6 unspecified atom stereocenters. The van der Waals surface area contributed by atoms with Gasteiger partial charge in [-0.2, -0.15) is 0 Å². The number of anilines is 3. The average molecular weight is 760 g/mol. The van der Waals surface area contributed by atoms with E-state index < -0.39 is 0 Å². The third-order valence-electron chi connectivity index (χ3n) is 16.7. The number of hydrogen-bond donors (Lipinski definition) is 0. The maximum atomic E-state index is 6.79. The third-order valence-corrected chi connectivity index (χ3v) is 17.8. The SMILES string of the molecule is CC1(C)CCC(C)(C)c2cc(-c3ccc(N(c4ccc5c(c4)C4(c6ccccc6S5)C5CC6CC7CC4C75C6)c4cccc5c4oc4ccccc45)cc3)ccc21. The lowest BCUT2D eigenvalue weighted by Gasteiger charge is -2.78. The Balaban J connectivity index is 0.985. The summed E-state index contributed by atoms with van der Waals surface area (Å²) in [4.78, 5) is 5.42. The molecule has 6 atom stereocenters. The van der Waals surface area contributed by atoms with Crippen molar-refractivity contribution in [1.29, 1.82) is 0 Å². The zero-order valence-corrected chi connectivity index (χ0v) is 34.3. The fourth-order valence-corrected chi connectivity index (χ4v) is 15.3. The molecule has 4 saturated carbocycles. The number of para-hydroxylation sites is 2. The van der Waals surface area contributed by atoms with Crippen LogP contribution >= 0.6 is 11.8 Å². The van der Waals surface area contributed by atoms with E-state index in [0.29, 0.717) is 5.41 Å². The van der Waals surface area contributed by atoms with Gasteiger partial charge in [-0.05, 0) is 160 Å². The van der Waals surface area contributed by atoms with E-state index in [0.717, 1.165) is 57.0 Å². The molecule has 6 aliphatic rings. The third kappa shape index (κ3) is 4.15. The van der Waals surface area contributed by atoms with Crippen LogP contribution in [0.15, 0.2) is 142 Å². The molecule has 1 aromatic heterocycles. The number of benzene rings is 6. The van der Waals surface area contributed by atoms with Crippen LogP contribution in [-0.4, -0.2) is 0 Å². The van der Waals surface area contributed by atoms with E-state index in [-0.39, 0.29) is 16.2 Å². The average Bonchev–Trinajstić information content (AvgIpc) is 3.90. The fourth-order valence-electron chi connectivity index (χ4n) is 14.1. The Kier molecular flexibility index (Phi) is 6.45. The summed E-state index contributed by atoms with van der Waals surface area (Å²) in [5.74, 6) is 3.38. The summed E-state index contributed by atoms with van der Waals surface area (Å²) in [5, 5.41) is 2.32. The van der Waals surface area contributed by atoms with Crippen molar-refractivity contribution in [2.75, 3.05) is 4.90 Å². The largest absolute Gasteiger partial charge is 0.454 e. The van der Waals surface area contributed by atoms with E-state index >= 15 is 0 Å². The highest BCUT2D eigenvalue weighted by molar-refractivity contribution is 7.99. The second kappa shape index (κ2) is 11.1. The Morgan fingerprint density at radius 1 is 0.579 bits per heavy atom. The summed E-state index contributed by atoms with van der Waals surface area (Å²) in [7, 11) is 0. The quantitative estimate of drug-likeness (QED) is 0.178. The monoisotopic (exact) mass is 759 g/mol. The van der Waals surface area contributed by atoms with Crippen LogP contribution in [0.25, 0.3) is 33.1 Å². The summed E-state index contributed by atoms with van der Waals surface area (Å²) in [5.41, 5.74) is 15.1. The number of fused-ring (bicyclic) bond motifs is 11. The second-order valence-corrected chi connectivity index (χ2v) is 21.1. The van der Waals surface area contributed by atoms with Gasteiger partial charge in [0.15, 0.2) is 5.58 Å². The van der Waals surface area contributed by atoms with Crippen molar-refractivity contribution < 1.29 is 4.42 Å². The normalized spacial score (nSPS) is 29.0. The van der Waals surface area contributed by atoms with Gasteiger partial charge in [-0.25, -0.2) is 0 Å². The topological polar surface area (TPSA) is 16.4 Å². The molecule has 3 heteroatoms. The predicted octanol–water partition coefficient (Wildman–Crippen LogP) is 14.9. The number of hydrogen-bond acceptors (Lipinski definition) is 3. The van der Waals surface area contributed by atoms with Gasteiger partial charge in [-0.3, -0.25) is 0 Å². The van der Waals surface area contributed by atoms with Gasteiger partial charge >= 0.3 is 0 Å². The molecule has 7 aromatic rings. The van der Waals surface area contributed by atoms with Gasteiger partial charge in [0.05, 0.1) is 5.69 Å². The molecule has 282 valence electrons. The van der Waals surface area contributed by atoms with Crippen LogP contribution < -0.4 is 4.90 Å². The molecule has 57 heavy (non-hydrogen) atoms. The van der Waals surface area contributed by atoms with Gasteiger partial charge < -0.3 is 9.32 Å². The molecule has 2 nitrogen and oxygen atoms in total. The Hall–Kier alpha value is -4.73. The van der Waals surface area contributed by atoms with E-state index in [1.165, 1.54) is 76.3 Å². The van der Waals surface area contributed by atoms with Crippen molar-refractivity contribution in [2.24, 2.45) is 29.1 Å². The summed E-state index contributed by atoms with van der Waals surface area (Å²) in [6.07, 6.45) is 8.21. The van der Waals surface area contributed by atoms with Gasteiger partial charge in [-0.15, -0.1) is 0 Å². The van der Waals surface area contributed by atoms with E-state index in [4.69, 9.17) is 4.42 Å². The Morgan fingerprint density at radius 2 is 1.30 bits per heavy atom. The minimum absolute atomic E-state index is 0.106. The molecule has 6 aromatic carbocycles. The molecular weight excluding hydrogens is 711 g/mol. The zero-order valence-electron chi connectivity index (χ0n) is 33.4. The first-order chi connectivity index (χ1) is 27.7. The Labute approximate surface area is 340 Å². The summed E-state index contributed by atoms with van der Waals surface area (Å²) >= 11 is 1.99. The fraction of sp³-hybridized carbons (Fsp3) is 0.333. The summed E-state index contributed by atoms with van der Waals surface area (Å²) < 4.78 is 6.79. The van der Waals surface area contributed by atoms with Crippen LogP contribution in [-0.2, 0) is 16.2 Å². The zero-order chi connectivity index (χ0) is 38.1. The predicted molar refractivity (Wildman–Crippen MR) is 235 cm³/mol. The number of furan rings is 1. The molecule has 0 amide bonds. The van der Waals surface area contributed by atoms with Gasteiger partial charge in [0, 0.05) is 37.4 Å². The summed E-state index contributed by atoms with van der Waals surface area (Å²) in [6, 6.07) is 48.7. The molecule has 0 saturated heterocycles. The smallest absolute Gasteiger partial charge is 0.159 e. The molecule has 2 bridgehead atoms. The van der Waals surface area contributed by atoms with Crippen molar-refractivity contribution in [3.05, 3.63) is 150 Å². The maximum absolute atomic E-state index is 6.79. The van der Waals surface area contributed by atoms with E-state index in [2.05, 4.69) is 160 Å². The molecular formula is C54H49NOS. The van der Waals surface area contributed by atoms with Crippen LogP contribution in [0, 0.1) is 29.1 Å². The maximum Gasteiger partial charge on any atom is 0.159 e. The molecule has 0 radical (unpaired) electrons. The minimum Gasteiger partial charge on any atom is -0.454 e. The first-order valence-corrected chi connectivity index (χ1v) is 22.4. The van der Waals surface area contributed by atoms with Gasteiger partial charge in [0.25, 0.3) is 0 Å². The van der Waals surface area contributed by atoms with E-state index in [1.54, 1.807) is 11.1 Å². The Morgan fingerprint density at radius 3 is 2.16 bits per heavy atom. The second-order valence-electron chi connectivity index (χ2n) is 20.0. The lowest BCUT2D eigenvalue weighted by atomic mass is 9.26. The molecule has 4 fully saturated rings. The number of nitrogens with zero attached hydrogens (tertiary/aromatic N) is 1. The van der Waals surface area contributed by atoms with Crippen LogP contribution in [0.5, 0.6) is 0 Å². The lowest BCUT2D eigenvalue weighted by Crippen LogP contribution is -2.74. The van der Waals surface area contributed by atoms with Crippen LogP contribution in [0.1, 0.15) is 88.5 Å². The van der Waals surface area contributed by atoms with Gasteiger partial charge in [0.2, 0.25) is 0 Å². The lowest BCUT2D eigenvalue weighted by molar-refractivity contribution is -0.235. The molecule has 1 aliphatic heterocycles. The van der Waals surface area contributed by atoms with E-state index in [9.17, 15) is 0 Å². The highest BCUT2D eigenvalue weighted by Gasteiger charge is 2.84. The van der Waals surface area contributed by atoms with Crippen molar-refractivity contribution >= 4 is 50.8 Å². The molecule has 13 rings (SSSR count). The molecule has 2 spiro atoms. The Bertz CT molecular complexity index is 2840. The molecule has 2 heterocycles. The standard InChI is InChI=1S/C54H49NOS/c1-51(2)24-25-52(3,4)42-28-34(18-22-40(42)51)33-16-19-36(20-17-33)55(44-13-9-11-39-38-10-5-7-14-45(38)56-50(39)44)37-21-23-47-43(30-37)54(41-12-6-8-15-46(41)57-47)48-27-32-26-35-29-49(54)53(35,48)31-32/h5-23,28,30,32,35,48-49H,24-27,29,31H2,1-4H3. The van der Waals surface area contributed by atoms with Gasteiger partial charge in [0.1, 0.15) is 5.58 Å². The summed E-state index contributed by atoms with van der Waals surface area (Å²) in [6.45, 7) is 9.68. The van der Waals surface area contributed by atoms with Crippen LogP contribution in [0.3, 0.4) is 0 Å². The van der Waals surface area contributed by atoms with Crippen molar-refractivity contribution in [1.82, 2.24) is 0 Å². The molecule has 5 aliphatic carbocycles. The minimum atomic E-state index is 0.106. The first-order valence-electron chi connectivity index (χ1n) is 21.5. The molecule has 0 N–H and O–H groups in total. The van der Waals surface area contributed by atoms with Crippen LogP contribution in [0.2, 0.25) is 0 Å². The van der Waals surface area contributed by atoms with Crippen molar-refractivity contribution in [3.8, 4) is 11.1 Å². The highest BCUT2D eigenvalue weighted by atomic mass is 32.2. The van der Waals surface area contributed by atoms with E-state index in [1.807, 2.05) is 11.8 Å². The van der Waals surface area contributed by atoms with Gasteiger partial charge in [-0.1, -0.05) is 118 Å². The van der Waals surface area contributed by atoms with Crippen LogP contribution in [0.4, 0.5) is 17.1 Å². The highest BCUT2D eigenvalue weighted by Crippen LogP contribution is 2.89. The van der Waals surface area contributed by atoms with Crippen molar-refractivity contribution in [2.45, 2.75) is 92.3 Å². The van der Waals surface area contributed by atoms with Crippen molar-refractivity contribution in [3.63, 3.8) is 0 Å². The number of rotatable bonds is 4. The first kappa shape index (κ1) is 33.3.